The lowest BCUT2D eigenvalue weighted by atomic mass is 9.84. The van der Waals surface area contributed by atoms with Crippen molar-refractivity contribution in [3.8, 4) is 33.4 Å². The van der Waals surface area contributed by atoms with Gasteiger partial charge in [0.05, 0.1) is 0 Å². The van der Waals surface area contributed by atoms with Gasteiger partial charge < -0.3 is 4.42 Å². The van der Waals surface area contributed by atoms with Gasteiger partial charge in [-0.3, -0.25) is 0 Å². The molecule has 1 heteroatoms. The number of benzene rings is 7. The highest BCUT2D eigenvalue weighted by Gasteiger charge is 2.20. The second-order valence-electron chi connectivity index (χ2n) is 12.5. The Hall–Kier alpha value is -5.14. The molecule has 0 aliphatic rings. The minimum atomic E-state index is 0.0730. The summed E-state index contributed by atoms with van der Waals surface area (Å²) in [6.45, 7) is 6.80. The Morgan fingerprint density at radius 1 is 0.419 bits per heavy atom. The lowest BCUT2D eigenvalue weighted by Gasteiger charge is -2.20. The van der Waals surface area contributed by atoms with Crippen LogP contribution in [0.15, 0.2) is 144 Å². The van der Waals surface area contributed by atoms with Crippen molar-refractivity contribution in [2.24, 2.45) is 0 Å². The Kier molecular flexibility index (Phi) is 5.77. The Morgan fingerprint density at radius 3 is 1.65 bits per heavy atom. The van der Waals surface area contributed by atoms with E-state index in [1.54, 1.807) is 0 Å². The minimum absolute atomic E-state index is 0.0730. The van der Waals surface area contributed by atoms with Crippen molar-refractivity contribution in [2.45, 2.75) is 26.2 Å². The molecule has 43 heavy (non-hydrogen) atoms. The lowest BCUT2D eigenvalue weighted by Crippen LogP contribution is -2.10. The third-order valence-electron chi connectivity index (χ3n) is 8.82. The predicted octanol–water partition coefficient (Wildman–Crippen LogP) is 12.2. The number of fused-ring (bicyclic) bond motifs is 5. The summed E-state index contributed by atoms with van der Waals surface area (Å²) >= 11 is 0. The minimum Gasteiger partial charge on any atom is -0.456 e. The average Bonchev–Trinajstić information content (AvgIpc) is 3.42. The lowest BCUT2D eigenvalue weighted by molar-refractivity contribution is 0.590. The van der Waals surface area contributed by atoms with Gasteiger partial charge in [-0.25, -0.2) is 0 Å². The predicted molar refractivity (Wildman–Crippen MR) is 184 cm³/mol. The van der Waals surface area contributed by atoms with Crippen LogP contribution in [0.5, 0.6) is 0 Å². The van der Waals surface area contributed by atoms with Gasteiger partial charge in [0.2, 0.25) is 0 Å². The highest BCUT2D eigenvalue weighted by molar-refractivity contribution is 6.22. The molecule has 206 valence electrons. The van der Waals surface area contributed by atoms with E-state index in [-0.39, 0.29) is 5.41 Å². The van der Waals surface area contributed by atoms with Gasteiger partial charge in [0.15, 0.2) is 0 Å². The average molecular weight is 553 g/mol. The molecule has 0 aliphatic carbocycles. The molecule has 0 atom stereocenters. The molecule has 7 aromatic carbocycles. The molecule has 8 rings (SSSR count). The van der Waals surface area contributed by atoms with E-state index in [4.69, 9.17) is 4.42 Å². The standard InChI is InChI=1S/C42H32O/c1-42(2,3)30-16-11-15-28(25-30)31-21-12-22-38-41(31)36-26-29(23-24-37(36)43-38)40-34-19-9-7-17-32(34)39(27-13-5-4-6-14-27)33-18-8-10-20-35(33)40/h4-26H,1-3H3. The van der Waals surface area contributed by atoms with Crippen molar-refractivity contribution in [2.75, 3.05) is 0 Å². The fraction of sp³-hybridized carbons (Fsp3) is 0.0952. The first-order valence-electron chi connectivity index (χ1n) is 15.0. The van der Waals surface area contributed by atoms with Gasteiger partial charge in [-0.1, -0.05) is 142 Å². The van der Waals surface area contributed by atoms with E-state index in [1.165, 1.54) is 65.9 Å². The molecule has 8 aromatic rings. The van der Waals surface area contributed by atoms with E-state index in [1.807, 2.05) is 0 Å². The van der Waals surface area contributed by atoms with Gasteiger partial charge >= 0.3 is 0 Å². The molecule has 1 aromatic heterocycles. The van der Waals surface area contributed by atoms with Gasteiger partial charge in [-0.05, 0) is 84.1 Å². The zero-order valence-corrected chi connectivity index (χ0v) is 24.7. The number of rotatable bonds is 3. The summed E-state index contributed by atoms with van der Waals surface area (Å²) in [5, 5.41) is 7.35. The maximum atomic E-state index is 6.45. The van der Waals surface area contributed by atoms with Crippen molar-refractivity contribution in [3.63, 3.8) is 0 Å². The number of hydrogen-bond acceptors (Lipinski definition) is 1. The van der Waals surface area contributed by atoms with E-state index in [0.717, 1.165) is 16.6 Å². The molecule has 0 saturated carbocycles. The smallest absolute Gasteiger partial charge is 0.136 e. The van der Waals surface area contributed by atoms with Crippen LogP contribution in [0, 0.1) is 0 Å². The van der Waals surface area contributed by atoms with Crippen LogP contribution in [0.25, 0.3) is 76.9 Å². The molecular weight excluding hydrogens is 520 g/mol. The highest BCUT2D eigenvalue weighted by atomic mass is 16.3. The van der Waals surface area contributed by atoms with Gasteiger partial charge in [-0.15, -0.1) is 0 Å². The van der Waals surface area contributed by atoms with Crippen LogP contribution in [0.4, 0.5) is 0 Å². The van der Waals surface area contributed by atoms with E-state index >= 15 is 0 Å². The Bertz CT molecular complexity index is 2260. The second-order valence-corrected chi connectivity index (χ2v) is 12.5. The molecule has 0 unspecified atom stereocenters. The van der Waals surface area contributed by atoms with Crippen molar-refractivity contribution < 1.29 is 4.42 Å². The van der Waals surface area contributed by atoms with Crippen molar-refractivity contribution >= 4 is 43.5 Å². The maximum absolute atomic E-state index is 6.45. The van der Waals surface area contributed by atoms with E-state index in [9.17, 15) is 0 Å². The van der Waals surface area contributed by atoms with E-state index in [2.05, 4.69) is 160 Å². The summed E-state index contributed by atoms with van der Waals surface area (Å²) in [4.78, 5) is 0. The van der Waals surface area contributed by atoms with Gasteiger partial charge in [0.25, 0.3) is 0 Å². The molecule has 1 heterocycles. The van der Waals surface area contributed by atoms with Crippen LogP contribution in [0.2, 0.25) is 0 Å². The zero-order chi connectivity index (χ0) is 29.1. The molecule has 0 amide bonds. The first-order chi connectivity index (χ1) is 21.0. The molecule has 0 fully saturated rings. The largest absolute Gasteiger partial charge is 0.456 e. The van der Waals surface area contributed by atoms with Crippen molar-refractivity contribution in [3.05, 3.63) is 145 Å². The molecule has 0 aliphatic heterocycles. The molecule has 0 bridgehead atoms. The van der Waals surface area contributed by atoms with Crippen LogP contribution < -0.4 is 0 Å². The summed E-state index contributed by atoms with van der Waals surface area (Å²) in [5.41, 5.74) is 10.6. The number of hydrogen-bond donors (Lipinski definition) is 0. The van der Waals surface area contributed by atoms with Crippen LogP contribution in [-0.2, 0) is 5.41 Å². The molecule has 0 radical (unpaired) electrons. The van der Waals surface area contributed by atoms with E-state index < -0.39 is 0 Å². The molecule has 0 N–H and O–H groups in total. The van der Waals surface area contributed by atoms with Crippen molar-refractivity contribution in [1.82, 2.24) is 0 Å². The summed E-state index contributed by atoms with van der Waals surface area (Å²) < 4.78 is 6.45. The van der Waals surface area contributed by atoms with Gasteiger partial charge in [0, 0.05) is 10.8 Å². The molecule has 0 spiro atoms. The third kappa shape index (κ3) is 4.15. The second kappa shape index (κ2) is 9.71. The normalized spacial score (nSPS) is 12.1. The Morgan fingerprint density at radius 2 is 1.00 bits per heavy atom. The quantitative estimate of drug-likeness (QED) is 0.199. The molecule has 0 saturated heterocycles. The third-order valence-corrected chi connectivity index (χ3v) is 8.82. The fourth-order valence-electron chi connectivity index (χ4n) is 6.73. The van der Waals surface area contributed by atoms with Crippen LogP contribution in [0.3, 0.4) is 0 Å². The molecule has 1 nitrogen and oxygen atoms in total. The Balaban J connectivity index is 1.43. The van der Waals surface area contributed by atoms with Gasteiger partial charge in [-0.2, -0.15) is 0 Å². The van der Waals surface area contributed by atoms with Crippen LogP contribution in [0.1, 0.15) is 26.3 Å². The highest BCUT2D eigenvalue weighted by Crippen LogP contribution is 2.45. The summed E-state index contributed by atoms with van der Waals surface area (Å²) in [6, 6.07) is 50.5. The van der Waals surface area contributed by atoms with Crippen LogP contribution >= 0.6 is 0 Å². The summed E-state index contributed by atoms with van der Waals surface area (Å²) in [7, 11) is 0. The first kappa shape index (κ1) is 25.6. The SMILES string of the molecule is CC(C)(C)c1cccc(-c2cccc3oc4ccc(-c5c6ccccc6c(-c6ccccc6)c6ccccc56)cc4c23)c1. The monoisotopic (exact) mass is 552 g/mol. The maximum Gasteiger partial charge on any atom is 0.136 e. The molecular formula is C42H32O. The van der Waals surface area contributed by atoms with Crippen molar-refractivity contribution in [1.29, 1.82) is 0 Å². The Labute approximate surface area is 252 Å². The fourth-order valence-corrected chi connectivity index (χ4v) is 6.73. The number of furan rings is 1. The zero-order valence-electron chi connectivity index (χ0n) is 24.7. The first-order valence-corrected chi connectivity index (χ1v) is 15.0. The van der Waals surface area contributed by atoms with Gasteiger partial charge in [0.1, 0.15) is 11.2 Å². The summed E-state index contributed by atoms with van der Waals surface area (Å²) in [6.07, 6.45) is 0. The van der Waals surface area contributed by atoms with E-state index in [0.29, 0.717) is 0 Å². The topological polar surface area (TPSA) is 13.1 Å². The van der Waals surface area contributed by atoms with Crippen LogP contribution in [-0.4, -0.2) is 0 Å². The summed E-state index contributed by atoms with van der Waals surface area (Å²) in [5.74, 6) is 0.